The van der Waals surface area contributed by atoms with E-state index in [9.17, 15) is 9.59 Å². The molecule has 4 rings (SSSR count). The highest BCUT2D eigenvalue weighted by Gasteiger charge is 2.32. The summed E-state index contributed by atoms with van der Waals surface area (Å²) in [5.41, 5.74) is 2.81. The number of hydrogen-bond donors (Lipinski definition) is 1. The monoisotopic (exact) mass is 426 g/mol. The zero-order valence-corrected chi connectivity index (χ0v) is 18.0. The Kier molecular flexibility index (Phi) is 6.23. The molecule has 2 aromatic rings. The van der Waals surface area contributed by atoms with Gasteiger partial charge in [-0.05, 0) is 44.2 Å². The van der Waals surface area contributed by atoms with Crippen LogP contribution in [0.4, 0.5) is 5.82 Å². The SMILES string of the molecule is Cc1ccc(CN2CCC(Nc3ncc(C(=O)N4CCCCC4)cc3Cl)C2=O)cc1. The molecule has 6 nitrogen and oxygen atoms in total. The maximum Gasteiger partial charge on any atom is 0.255 e. The fourth-order valence-electron chi connectivity index (χ4n) is 4.05. The zero-order chi connectivity index (χ0) is 21.1. The zero-order valence-electron chi connectivity index (χ0n) is 17.2. The van der Waals surface area contributed by atoms with Gasteiger partial charge in [0.2, 0.25) is 5.91 Å². The summed E-state index contributed by atoms with van der Waals surface area (Å²) in [6.07, 6.45) is 5.48. The number of carbonyl (C=O) groups is 2. The standard InChI is InChI=1S/C23H27ClN4O2/c1-16-5-7-17(8-6-16)15-28-12-9-20(23(28)30)26-21-19(24)13-18(14-25-21)22(29)27-10-3-2-4-11-27/h5-8,13-14,20H,2-4,9-12,15H2,1H3,(H,25,26). The molecule has 0 radical (unpaired) electrons. The number of amides is 2. The Bertz CT molecular complexity index is 925. The van der Waals surface area contributed by atoms with Crippen LogP contribution in [0.3, 0.4) is 0 Å². The van der Waals surface area contributed by atoms with Crippen molar-refractivity contribution in [2.24, 2.45) is 0 Å². The number of nitrogens with one attached hydrogen (secondary N) is 1. The average molecular weight is 427 g/mol. The molecule has 1 aromatic carbocycles. The fraction of sp³-hybridized carbons (Fsp3) is 0.435. The Balaban J connectivity index is 1.38. The van der Waals surface area contributed by atoms with Crippen molar-refractivity contribution in [2.45, 2.75) is 45.2 Å². The third-order valence-corrected chi connectivity index (χ3v) is 6.12. The van der Waals surface area contributed by atoms with Crippen molar-refractivity contribution in [3.05, 3.63) is 58.2 Å². The fourth-order valence-corrected chi connectivity index (χ4v) is 4.27. The molecule has 2 aliphatic heterocycles. The number of piperidine rings is 1. The number of aromatic nitrogens is 1. The molecule has 3 heterocycles. The summed E-state index contributed by atoms with van der Waals surface area (Å²) in [6, 6.07) is 9.52. The van der Waals surface area contributed by atoms with E-state index in [0.717, 1.165) is 31.5 Å². The van der Waals surface area contributed by atoms with Crippen molar-refractivity contribution >= 4 is 29.2 Å². The lowest BCUT2D eigenvalue weighted by Crippen LogP contribution is -2.35. The van der Waals surface area contributed by atoms with Crippen molar-refractivity contribution in [1.82, 2.24) is 14.8 Å². The summed E-state index contributed by atoms with van der Waals surface area (Å²) in [4.78, 5) is 33.5. The lowest BCUT2D eigenvalue weighted by atomic mass is 10.1. The van der Waals surface area contributed by atoms with Crippen LogP contribution in [0.5, 0.6) is 0 Å². The second-order valence-corrected chi connectivity index (χ2v) is 8.55. The predicted octanol–water partition coefficient (Wildman–Crippen LogP) is 3.88. The van der Waals surface area contributed by atoms with Gasteiger partial charge in [-0.2, -0.15) is 0 Å². The van der Waals surface area contributed by atoms with E-state index < -0.39 is 0 Å². The maximum absolute atomic E-state index is 12.8. The van der Waals surface area contributed by atoms with Gasteiger partial charge in [-0.3, -0.25) is 9.59 Å². The topological polar surface area (TPSA) is 65.5 Å². The van der Waals surface area contributed by atoms with Crippen molar-refractivity contribution in [3.63, 3.8) is 0 Å². The molecule has 0 aliphatic carbocycles. The summed E-state index contributed by atoms with van der Waals surface area (Å²) in [6.45, 7) is 4.90. The minimum atomic E-state index is -0.357. The number of nitrogens with zero attached hydrogens (tertiary/aromatic N) is 3. The highest BCUT2D eigenvalue weighted by atomic mass is 35.5. The first-order valence-electron chi connectivity index (χ1n) is 10.6. The molecule has 2 amide bonds. The minimum Gasteiger partial charge on any atom is -0.357 e. The van der Waals surface area contributed by atoms with E-state index in [1.807, 2.05) is 16.7 Å². The van der Waals surface area contributed by atoms with Gasteiger partial charge in [0.1, 0.15) is 11.9 Å². The summed E-state index contributed by atoms with van der Waals surface area (Å²) in [7, 11) is 0. The van der Waals surface area contributed by atoms with Crippen LogP contribution < -0.4 is 5.32 Å². The molecular formula is C23H27ClN4O2. The van der Waals surface area contributed by atoms with Crippen molar-refractivity contribution in [3.8, 4) is 0 Å². The third-order valence-electron chi connectivity index (χ3n) is 5.83. The third kappa shape index (κ3) is 4.59. The number of hydrogen-bond acceptors (Lipinski definition) is 4. The lowest BCUT2D eigenvalue weighted by Gasteiger charge is -2.26. The molecule has 1 N–H and O–H groups in total. The van der Waals surface area contributed by atoms with Crippen LogP contribution in [0.25, 0.3) is 0 Å². The first-order chi connectivity index (χ1) is 14.5. The van der Waals surface area contributed by atoms with Crippen LogP contribution >= 0.6 is 11.6 Å². The molecule has 158 valence electrons. The number of halogens is 1. The van der Waals surface area contributed by atoms with Gasteiger partial charge in [-0.15, -0.1) is 0 Å². The van der Waals surface area contributed by atoms with Gasteiger partial charge in [-0.1, -0.05) is 41.4 Å². The van der Waals surface area contributed by atoms with Crippen LogP contribution in [0.2, 0.25) is 5.02 Å². The van der Waals surface area contributed by atoms with Crippen LogP contribution in [0.15, 0.2) is 36.5 Å². The van der Waals surface area contributed by atoms with E-state index in [0.29, 0.717) is 35.9 Å². The predicted molar refractivity (Wildman–Crippen MR) is 118 cm³/mol. The summed E-state index contributed by atoms with van der Waals surface area (Å²) in [5, 5.41) is 3.53. The Morgan fingerprint density at radius 1 is 1.17 bits per heavy atom. The highest BCUT2D eigenvalue weighted by Crippen LogP contribution is 2.25. The lowest BCUT2D eigenvalue weighted by molar-refractivity contribution is -0.128. The molecule has 30 heavy (non-hydrogen) atoms. The number of pyridine rings is 1. The molecule has 1 unspecified atom stereocenters. The van der Waals surface area contributed by atoms with Crippen LogP contribution in [-0.4, -0.2) is 52.3 Å². The van der Waals surface area contributed by atoms with Gasteiger partial charge < -0.3 is 15.1 Å². The van der Waals surface area contributed by atoms with Gasteiger partial charge in [0.25, 0.3) is 5.91 Å². The van der Waals surface area contributed by atoms with Crippen LogP contribution in [-0.2, 0) is 11.3 Å². The normalized spacial score (nSPS) is 19.3. The summed E-state index contributed by atoms with van der Waals surface area (Å²) < 4.78 is 0. The second-order valence-electron chi connectivity index (χ2n) is 8.14. The smallest absolute Gasteiger partial charge is 0.255 e. The summed E-state index contributed by atoms with van der Waals surface area (Å²) in [5.74, 6) is 0.459. The first-order valence-corrected chi connectivity index (χ1v) is 10.9. The molecule has 1 atom stereocenters. The molecule has 0 bridgehead atoms. The number of carbonyl (C=O) groups excluding carboxylic acids is 2. The van der Waals surface area contributed by atoms with Crippen molar-refractivity contribution < 1.29 is 9.59 Å². The second kappa shape index (κ2) is 9.04. The van der Waals surface area contributed by atoms with Crippen molar-refractivity contribution in [2.75, 3.05) is 25.0 Å². The Morgan fingerprint density at radius 2 is 1.90 bits per heavy atom. The van der Waals surface area contributed by atoms with Crippen LogP contribution in [0.1, 0.15) is 47.2 Å². The molecule has 2 aliphatic rings. The van der Waals surface area contributed by atoms with Gasteiger partial charge >= 0.3 is 0 Å². The van der Waals surface area contributed by atoms with Gasteiger partial charge in [-0.25, -0.2) is 4.98 Å². The Morgan fingerprint density at radius 3 is 2.60 bits per heavy atom. The first kappa shape index (κ1) is 20.7. The number of rotatable bonds is 5. The van der Waals surface area contributed by atoms with Gasteiger partial charge in [0, 0.05) is 32.4 Å². The van der Waals surface area contributed by atoms with E-state index in [1.54, 1.807) is 12.3 Å². The molecule has 7 heteroatoms. The Hall–Kier alpha value is -2.60. The summed E-state index contributed by atoms with van der Waals surface area (Å²) >= 11 is 6.40. The van der Waals surface area contributed by atoms with E-state index >= 15 is 0 Å². The van der Waals surface area contributed by atoms with Gasteiger partial charge in [0.05, 0.1) is 10.6 Å². The number of aryl methyl sites for hydroxylation is 1. The molecule has 0 saturated carbocycles. The number of benzene rings is 1. The molecule has 0 spiro atoms. The molecule has 2 saturated heterocycles. The van der Waals surface area contributed by atoms with E-state index in [4.69, 9.17) is 11.6 Å². The highest BCUT2D eigenvalue weighted by molar-refractivity contribution is 6.33. The average Bonchev–Trinajstić information content (AvgIpc) is 3.10. The molecular weight excluding hydrogens is 400 g/mol. The Labute approximate surface area is 182 Å². The van der Waals surface area contributed by atoms with E-state index in [-0.39, 0.29) is 17.9 Å². The number of anilines is 1. The van der Waals surface area contributed by atoms with Gasteiger partial charge in [0.15, 0.2) is 0 Å². The van der Waals surface area contributed by atoms with Crippen molar-refractivity contribution in [1.29, 1.82) is 0 Å². The van der Waals surface area contributed by atoms with E-state index in [1.165, 1.54) is 12.0 Å². The molecule has 2 fully saturated rings. The van der Waals surface area contributed by atoms with E-state index in [2.05, 4.69) is 34.6 Å². The largest absolute Gasteiger partial charge is 0.357 e. The quantitative estimate of drug-likeness (QED) is 0.787. The maximum atomic E-state index is 12.8. The van der Waals surface area contributed by atoms with Crippen LogP contribution in [0, 0.1) is 6.92 Å². The number of likely N-dealkylation sites (tertiary alicyclic amines) is 2. The molecule has 1 aromatic heterocycles. The minimum absolute atomic E-state index is 0.0307.